The van der Waals surface area contributed by atoms with Crippen LogP contribution in [0, 0.1) is 5.92 Å². The summed E-state index contributed by atoms with van der Waals surface area (Å²) in [5, 5.41) is 0. The Kier molecular flexibility index (Phi) is 6.67. The Morgan fingerprint density at radius 1 is 1.03 bits per heavy atom. The van der Waals surface area contributed by atoms with Gasteiger partial charge in [0.15, 0.2) is 0 Å². The molecule has 1 atom stereocenters. The molecule has 30 heavy (non-hydrogen) atoms. The fourth-order valence-corrected chi connectivity index (χ4v) is 4.46. The normalized spacial score (nSPS) is 20.2. The van der Waals surface area contributed by atoms with Gasteiger partial charge in [0, 0.05) is 44.6 Å². The Labute approximate surface area is 177 Å². The second kappa shape index (κ2) is 9.78. The number of rotatable bonds is 6. The van der Waals surface area contributed by atoms with Crippen LogP contribution in [0.1, 0.15) is 38.1 Å². The molecule has 2 aromatic rings. The number of piperidine rings is 2. The van der Waals surface area contributed by atoms with E-state index in [2.05, 4.69) is 9.55 Å². The number of hydrogen-bond donors (Lipinski definition) is 0. The average Bonchev–Trinajstić information content (AvgIpc) is 3.34. The Morgan fingerprint density at radius 3 is 2.57 bits per heavy atom. The molecule has 0 bridgehead atoms. The van der Waals surface area contributed by atoms with Gasteiger partial charge in [-0.05, 0) is 37.8 Å². The average molecular weight is 411 g/mol. The van der Waals surface area contributed by atoms with Crippen molar-refractivity contribution in [2.75, 3.05) is 32.8 Å². The van der Waals surface area contributed by atoms with Crippen molar-refractivity contribution in [3.63, 3.8) is 0 Å². The van der Waals surface area contributed by atoms with Crippen molar-refractivity contribution < 1.29 is 14.3 Å². The Bertz CT molecular complexity index is 816. The second-order valence-corrected chi connectivity index (χ2v) is 8.16. The van der Waals surface area contributed by atoms with E-state index in [-0.39, 0.29) is 17.7 Å². The first-order valence-corrected chi connectivity index (χ1v) is 10.9. The molecule has 1 aromatic heterocycles. The van der Waals surface area contributed by atoms with Crippen LogP contribution < -0.4 is 4.74 Å². The number of imidazole rings is 1. The second-order valence-electron chi connectivity index (χ2n) is 8.16. The molecular formula is C23H30N4O3. The van der Waals surface area contributed by atoms with E-state index >= 15 is 0 Å². The summed E-state index contributed by atoms with van der Waals surface area (Å²) in [6, 6.07) is 9.95. The highest BCUT2D eigenvalue weighted by atomic mass is 16.5. The molecule has 1 unspecified atom stereocenters. The molecule has 2 aliphatic heterocycles. The van der Waals surface area contributed by atoms with E-state index in [1.165, 1.54) is 0 Å². The lowest BCUT2D eigenvalue weighted by Gasteiger charge is -2.38. The van der Waals surface area contributed by atoms with E-state index in [1.807, 2.05) is 52.7 Å². The SMILES string of the molecule is O=C(CCOc1ccccc1)N1CCCC(C(=O)N2CCC(n3ccnc3)CC2)C1. The molecule has 3 heterocycles. The molecule has 0 radical (unpaired) electrons. The molecule has 0 saturated carbocycles. The van der Waals surface area contributed by atoms with Crippen molar-refractivity contribution in [3.8, 4) is 5.75 Å². The molecule has 0 N–H and O–H groups in total. The van der Waals surface area contributed by atoms with Gasteiger partial charge in [0.2, 0.25) is 11.8 Å². The van der Waals surface area contributed by atoms with Crippen LogP contribution in [0.2, 0.25) is 0 Å². The molecule has 2 amide bonds. The topological polar surface area (TPSA) is 67.7 Å². The minimum absolute atomic E-state index is 0.0715. The molecular weight excluding hydrogens is 380 g/mol. The third-order valence-electron chi connectivity index (χ3n) is 6.17. The summed E-state index contributed by atoms with van der Waals surface area (Å²) < 4.78 is 7.79. The van der Waals surface area contributed by atoms with Crippen LogP contribution in [0.3, 0.4) is 0 Å². The molecule has 2 fully saturated rings. The number of amides is 2. The lowest BCUT2D eigenvalue weighted by Crippen LogP contribution is -2.48. The van der Waals surface area contributed by atoms with Crippen LogP contribution in [-0.4, -0.2) is 64.0 Å². The monoisotopic (exact) mass is 410 g/mol. The van der Waals surface area contributed by atoms with E-state index in [0.29, 0.717) is 25.6 Å². The first kappa shape index (κ1) is 20.4. The number of aromatic nitrogens is 2. The van der Waals surface area contributed by atoms with Crippen LogP contribution in [-0.2, 0) is 9.59 Å². The minimum atomic E-state index is -0.0810. The molecule has 1 aromatic carbocycles. The van der Waals surface area contributed by atoms with Crippen LogP contribution in [0.4, 0.5) is 0 Å². The molecule has 7 heteroatoms. The fraction of sp³-hybridized carbons (Fsp3) is 0.522. The predicted octanol–water partition coefficient (Wildman–Crippen LogP) is 2.75. The Balaban J connectivity index is 1.23. The zero-order valence-corrected chi connectivity index (χ0v) is 17.4. The summed E-state index contributed by atoms with van der Waals surface area (Å²) in [6.07, 6.45) is 9.64. The predicted molar refractivity (Wildman–Crippen MR) is 113 cm³/mol. The summed E-state index contributed by atoms with van der Waals surface area (Å²) in [4.78, 5) is 33.6. The van der Waals surface area contributed by atoms with Gasteiger partial charge in [-0.1, -0.05) is 18.2 Å². The molecule has 0 spiro atoms. The lowest BCUT2D eigenvalue weighted by molar-refractivity contribution is -0.142. The first-order chi connectivity index (χ1) is 14.7. The highest BCUT2D eigenvalue weighted by molar-refractivity contribution is 5.81. The summed E-state index contributed by atoms with van der Waals surface area (Å²) in [5.74, 6) is 0.970. The van der Waals surface area contributed by atoms with Gasteiger partial charge in [0.05, 0.1) is 25.3 Å². The van der Waals surface area contributed by atoms with Crippen molar-refractivity contribution in [2.24, 2.45) is 5.92 Å². The number of para-hydroxylation sites is 1. The van der Waals surface area contributed by atoms with E-state index in [4.69, 9.17) is 4.74 Å². The largest absolute Gasteiger partial charge is 0.493 e. The summed E-state index contributed by atoms with van der Waals surface area (Å²) in [7, 11) is 0. The van der Waals surface area contributed by atoms with Gasteiger partial charge in [-0.3, -0.25) is 9.59 Å². The molecule has 2 aliphatic rings. The number of carbonyl (C=O) groups excluding carboxylic acids is 2. The minimum Gasteiger partial charge on any atom is -0.493 e. The van der Waals surface area contributed by atoms with Gasteiger partial charge in [0.1, 0.15) is 5.75 Å². The van der Waals surface area contributed by atoms with Crippen LogP contribution in [0.5, 0.6) is 5.75 Å². The first-order valence-electron chi connectivity index (χ1n) is 10.9. The highest BCUT2D eigenvalue weighted by Crippen LogP contribution is 2.26. The summed E-state index contributed by atoms with van der Waals surface area (Å²) in [6.45, 7) is 3.18. The van der Waals surface area contributed by atoms with E-state index in [9.17, 15) is 9.59 Å². The van der Waals surface area contributed by atoms with Crippen molar-refractivity contribution in [3.05, 3.63) is 49.1 Å². The molecule has 160 valence electrons. The number of nitrogens with zero attached hydrogens (tertiary/aromatic N) is 4. The van der Waals surface area contributed by atoms with Gasteiger partial charge in [-0.15, -0.1) is 0 Å². The fourth-order valence-electron chi connectivity index (χ4n) is 4.46. The highest BCUT2D eigenvalue weighted by Gasteiger charge is 2.33. The maximum Gasteiger partial charge on any atom is 0.227 e. The van der Waals surface area contributed by atoms with Gasteiger partial charge < -0.3 is 19.1 Å². The number of hydrogen-bond acceptors (Lipinski definition) is 4. The van der Waals surface area contributed by atoms with Crippen LogP contribution in [0.25, 0.3) is 0 Å². The number of carbonyl (C=O) groups is 2. The van der Waals surface area contributed by atoms with Crippen LogP contribution in [0.15, 0.2) is 49.1 Å². The van der Waals surface area contributed by atoms with Crippen molar-refractivity contribution in [2.45, 2.75) is 38.1 Å². The van der Waals surface area contributed by atoms with E-state index in [1.54, 1.807) is 6.20 Å². The standard InChI is InChI=1S/C23H30N4O3/c28-22(10-16-30-21-6-2-1-3-7-21)26-12-4-5-19(17-26)23(29)25-13-8-20(9-14-25)27-15-11-24-18-27/h1-3,6-7,11,15,18-20H,4-5,8-10,12-14,16-17H2. The van der Waals surface area contributed by atoms with Crippen LogP contribution >= 0.6 is 0 Å². The third-order valence-corrected chi connectivity index (χ3v) is 6.17. The maximum absolute atomic E-state index is 13.1. The Morgan fingerprint density at radius 2 is 1.83 bits per heavy atom. The number of ether oxygens (including phenoxy) is 1. The molecule has 2 saturated heterocycles. The third kappa shape index (κ3) is 5.01. The smallest absolute Gasteiger partial charge is 0.227 e. The van der Waals surface area contributed by atoms with Gasteiger partial charge in [-0.25, -0.2) is 4.98 Å². The van der Waals surface area contributed by atoms with Crippen molar-refractivity contribution in [1.29, 1.82) is 0 Å². The summed E-state index contributed by atoms with van der Waals surface area (Å²) >= 11 is 0. The molecule has 0 aliphatic carbocycles. The molecule has 4 rings (SSSR count). The quantitative estimate of drug-likeness (QED) is 0.734. The zero-order valence-electron chi connectivity index (χ0n) is 17.4. The Hall–Kier alpha value is -2.83. The maximum atomic E-state index is 13.1. The lowest BCUT2D eigenvalue weighted by atomic mass is 9.94. The zero-order chi connectivity index (χ0) is 20.8. The van der Waals surface area contributed by atoms with E-state index < -0.39 is 0 Å². The molecule has 7 nitrogen and oxygen atoms in total. The van der Waals surface area contributed by atoms with Crippen molar-refractivity contribution in [1.82, 2.24) is 19.4 Å². The number of likely N-dealkylation sites (tertiary alicyclic amines) is 2. The van der Waals surface area contributed by atoms with Crippen molar-refractivity contribution >= 4 is 11.8 Å². The van der Waals surface area contributed by atoms with Gasteiger partial charge in [-0.2, -0.15) is 0 Å². The van der Waals surface area contributed by atoms with Gasteiger partial charge in [0.25, 0.3) is 0 Å². The summed E-state index contributed by atoms with van der Waals surface area (Å²) in [5.41, 5.74) is 0. The number of benzene rings is 1. The van der Waals surface area contributed by atoms with Gasteiger partial charge >= 0.3 is 0 Å². The van der Waals surface area contributed by atoms with E-state index in [0.717, 1.165) is 51.1 Å².